The second-order valence-corrected chi connectivity index (χ2v) is 6.54. The summed E-state index contributed by atoms with van der Waals surface area (Å²) >= 11 is 0. The molecule has 0 aliphatic carbocycles. The zero-order chi connectivity index (χ0) is 18.1. The Balaban J connectivity index is 1.37. The van der Waals surface area contributed by atoms with Gasteiger partial charge in [0.25, 0.3) is 5.91 Å². The van der Waals surface area contributed by atoms with Crippen molar-refractivity contribution in [2.45, 2.75) is 32.0 Å². The van der Waals surface area contributed by atoms with E-state index < -0.39 is 6.10 Å². The molecule has 2 atom stereocenters. The van der Waals surface area contributed by atoms with E-state index in [9.17, 15) is 9.90 Å². The van der Waals surface area contributed by atoms with Crippen molar-refractivity contribution in [3.63, 3.8) is 0 Å². The smallest absolute Gasteiger partial charge is 0.273 e. The predicted molar refractivity (Wildman–Crippen MR) is 90.2 cm³/mol. The van der Waals surface area contributed by atoms with E-state index in [1.54, 1.807) is 13.0 Å². The van der Waals surface area contributed by atoms with Gasteiger partial charge >= 0.3 is 0 Å². The second-order valence-electron chi connectivity index (χ2n) is 6.54. The average Bonchev–Trinajstić information content (AvgIpc) is 3.26. The number of nitrogens with one attached hydrogen (secondary N) is 1. The molecular formula is C17H19N5O4. The normalized spacial score (nSPS) is 21.2. The average molecular weight is 357 g/mol. The van der Waals surface area contributed by atoms with Crippen molar-refractivity contribution < 1.29 is 19.1 Å². The number of rotatable bonds is 4. The van der Waals surface area contributed by atoms with Crippen LogP contribution in [0.1, 0.15) is 28.2 Å². The van der Waals surface area contributed by atoms with Crippen molar-refractivity contribution in [3.05, 3.63) is 41.3 Å². The first-order chi connectivity index (χ1) is 12.6. The first-order valence-corrected chi connectivity index (χ1v) is 8.45. The molecule has 0 saturated carbocycles. The minimum Gasteiger partial charge on any atom is -0.390 e. The number of aryl methyl sites for hydroxylation is 1. The van der Waals surface area contributed by atoms with Gasteiger partial charge in [-0.3, -0.25) is 9.69 Å². The molecule has 0 unspecified atom stereocenters. The Morgan fingerprint density at radius 2 is 2.27 bits per heavy atom. The van der Waals surface area contributed by atoms with Gasteiger partial charge < -0.3 is 14.9 Å². The SMILES string of the molecule is Cc1cc(C(=O)N[C@H]2CCN(Cc3cccc4nonc34)C[C@@H]2O)no1. The number of hydrogen-bond acceptors (Lipinski definition) is 8. The number of likely N-dealkylation sites (tertiary alicyclic amines) is 1. The lowest BCUT2D eigenvalue weighted by molar-refractivity contribution is 0.0349. The highest BCUT2D eigenvalue weighted by Crippen LogP contribution is 2.20. The van der Waals surface area contributed by atoms with Crippen LogP contribution in [0.25, 0.3) is 11.0 Å². The van der Waals surface area contributed by atoms with Gasteiger partial charge in [0.1, 0.15) is 16.8 Å². The lowest BCUT2D eigenvalue weighted by Gasteiger charge is -2.36. The maximum Gasteiger partial charge on any atom is 0.273 e. The molecule has 136 valence electrons. The summed E-state index contributed by atoms with van der Waals surface area (Å²) in [4.78, 5) is 14.3. The third-order valence-electron chi connectivity index (χ3n) is 4.61. The fourth-order valence-electron chi connectivity index (χ4n) is 3.26. The molecule has 26 heavy (non-hydrogen) atoms. The molecule has 9 nitrogen and oxygen atoms in total. The summed E-state index contributed by atoms with van der Waals surface area (Å²) in [5.74, 6) is 0.236. The number of carbonyl (C=O) groups is 1. The van der Waals surface area contributed by atoms with Gasteiger partial charge in [0.15, 0.2) is 5.69 Å². The molecule has 1 aromatic carbocycles. The van der Waals surface area contributed by atoms with E-state index in [0.29, 0.717) is 30.8 Å². The van der Waals surface area contributed by atoms with Gasteiger partial charge in [0, 0.05) is 25.7 Å². The van der Waals surface area contributed by atoms with E-state index in [1.807, 2.05) is 18.2 Å². The standard InChI is InChI=1S/C17H19N5O4/c1-10-7-14(19-25-10)17(24)18-12-5-6-22(9-15(12)23)8-11-3-2-4-13-16(11)21-26-20-13/h2-4,7,12,15,23H,5-6,8-9H2,1H3,(H,18,24)/t12-,15-/m0/s1. The molecule has 1 aliphatic rings. The van der Waals surface area contributed by atoms with Crippen LogP contribution in [0.5, 0.6) is 0 Å². The maximum absolute atomic E-state index is 12.2. The van der Waals surface area contributed by atoms with E-state index in [-0.39, 0.29) is 17.6 Å². The largest absolute Gasteiger partial charge is 0.390 e. The van der Waals surface area contributed by atoms with Crippen LogP contribution in [0, 0.1) is 6.92 Å². The number of benzene rings is 1. The fraction of sp³-hybridized carbons (Fsp3) is 0.412. The number of fused-ring (bicyclic) bond motifs is 1. The number of amides is 1. The van der Waals surface area contributed by atoms with Gasteiger partial charge in [-0.15, -0.1) is 0 Å². The third kappa shape index (κ3) is 3.31. The van der Waals surface area contributed by atoms with E-state index in [4.69, 9.17) is 9.15 Å². The molecule has 3 aromatic rings. The Hall–Kier alpha value is -2.78. The summed E-state index contributed by atoms with van der Waals surface area (Å²) in [6.45, 7) is 3.54. The second kappa shape index (κ2) is 6.85. The quantitative estimate of drug-likeness (QED) is 0.707. The fourth-order valence-corrected chi connectivity index (χ4v) is 3.26. The van der Waals surface area contributed by atoms with Gasteiger partial charge in [-0.05, 0) is 35.3 Å². The number of aliphatic hydroxyl groups excluding tert-OH is 1. The molecule has 1 amide bonds. The molecule has 0 spiro atoms. The Labute approximate surface area is 148 Å². The monoisotopic (exact) mass is 357 g/mol. The van der Waals surface area contributed by atoms with Crippen molar-refractivity contribution in [3.8, 4) is 0 Å². The predicted octanol–water partition coefficient (Wildman–Crippen LogP) is 0.884. The summed E-state index contributed by atoms with van der Waals surface area (Å²) < 4.78 is 9.70. The first kappa shape index (κ1) is 16.7. The van der Waals surface area contributed by atoms with Crippen LogP contribution in [0.4, 0.5) is 0 Å². The Morgan fingerprint density at radius 1 is 1.38 bits per heavy atom. The molecule has 2 N–H and O–H groups in total. The first-order valence-electron chi connectivity index (χ1n) is 8.45. The summed E-state index contributed by atoms with van der Waals surface area (Å²) in [5.41, 5.74) is 2.67. The van der Waals surface area contributed by atoms with Crippen LogP contribution in [-0.2, 0) is 6.54 Å². The molecule has 1 saturated heterocycles. The van der Waals surface area contributed by atoms with E-state index >= 15 is 0 Å². The number of aromatic nitrogens is 3. The lowest BCUT2D eigenvalue weighted by Crippen LogP contribution is -2.53. The summed E-state index contributed by atoms with van der Waals surface area (Å²) in [6.07, 6.45) is -0.0353. The molecule has 9 heteroatoms. The van der Waals surface area contributed by atoms with Gasteiger partial charge in [-0.25, -0.2) is 4.63 Å². The van der Waals surface area contributed by atoms with Crippen LogP contribution in [0.2, 0.25) is 0 Å². The van der Waals surface area contributed by atoms with Crippen LogP contribution in [0.3, 0.4) is 0 Å². The Morgan fingerprint density at radius 3 is 3.04 bits per heavy atom. The highest BCUT2D eigenvalue weighted by molar-refractivity contribution is 5.92. The number of hydrogen-bond donors (Lipinski definition) is 2. The highest BCUT2D eigenvalue weighted by atomic mass is 16.6. The van der Waals surface area contributed by atoms with E-state index in [2.05, 4.69) is 25.7 Å². The zero-order valence-corrected chi connectivity index (χ0v) is 14.3. The summed E-state index contributed by atoms with van der Waals surface area (Å²) in [6, 6.07) is 6.98. The van der Waals surface area contributed by atoms with Crippen molar-refractivity contribution in [2.75, 3.05) is 13.1 Å². The van der Waals surface area contributed by atoms with Crippen LogP contribution < -0.4 is 5.32 Å². The zero-order valence-electron chi connectivity index (χ0n) is 14.3. The summed E-state index contributed by atoms with van der Waals surface area (Å²) in [5, 5.41) is 24.8. The van der Waals surface area contributed by atoms with Crippen LogP contribution in [-0.4, -0.2) is 56.6 Å². The Bertz CT molecular complexity index is 921. The van der Waals surface area contributed by atoms with Gasteiger partial charge in [-0.2, -0.15) is 0 Å². The molecule has 0 bridgehead atoms. The van der Waals surface area contributed by atoms with Crippen LogP contribution in [0.15, 0.2) is 33.4 Å². The molecule has 1 fully saturated rings. The van der Waals surface area contributed by atoms with Gasteiger partial charge in [0.2, 0.25) is 0 Å². The van der Waals surface area contributed by atoms with Crippen molar-refractivity contribution in [1.82, 2.24) is 25.7 Å². The minimum atomic E-state index is -0.671. The maximum atomic E-state index is 12.2. The minimum absolute atomic E-state index is 0.224. The molecular weight excluding hydrogens is 338 g/mol. The highest BCUT2D eigenvalue weighted by Gasteiger charge is 2.30. The van der Waals surface area contributed by atoms with Gasteiger partial charge in [0.05, 0.1) is 12.1 Å². The molecule has 1 aliphatic heterocycles. The number of aliphatic hydroxyl groups is 1. The number of nitrogens with zero attached hydrogens (tertiary/aromatic N) is 4. The third-order valence-corrected chi connectivity index (χ3v) is 4.61. The Kier molecular flexibility index (Phi) is 4.39. The molecule has 0 radical (unpaired) electrons. The number of carbonyl (C=O) groups excluding carboxylic acids is 1. The summed E-state index contributed by atoms with van der Waals surface area (Å²) in [7, 11) is 0. The topological polar surface area (TPSA) is 118 Å². The van der Waals surface area contributed by atoms with Crippen LogP contribution >= 0.6 is 0 Å². The molecule has 3 heterocycles. The van der Waals surface area contributed by atoms with E-state index in [0.717, 1.165) is 17.6 Å². The van der Waals surface area contributed by atoms with Crippen molar-refractivity contribution >= 4 is 16.9 Å². The van der Waals surface area contributed by atoms with E-state index in [1.165, 1.54) is 0 Å². The lowest BCUT2D eigenvalue weighted by atomic mass is 10.0. The molecule has 4 rings (SSSR count). The molecule has 2 aromatic heterocycles. The number of β-amino-alcohol motifs (C(OH)–C–C–N with tert-alkyl or cyclic N) is 1. The van der Waals surface area contributed by atoms with Crippen molar-refractivity contribution in [2.24, 2.45) is 0 Å². The van der Waals surface area contributed by atoms with Crippen molar-refractivity contribution in [1.29, 1.82) is 0 Å². The van der Waals surface area contributed by atoms with Gasteiger partial charge in [-0.1, -0.05) is 17.3 Å². The number of piperidine rings is 1.